The molecule has 0 heterocycles. The van der Waals surface area contributed by atoms with Gasteiger partial charge in [0.1, 0.15) is 12.3 Å². The molecular weight excluding hydrogens is 459 g/mol. The molecule has 0 unspecified atom stereocenters. The first-order chi connectivity index (χ1) is 14.4. The molecule has 0 bridgehead atoms. The lowest BCUT2D eigenvalue weighted by molar-refractivity contribution is -0.137. The number of hydrazone groups is 1. The van der Waals surface area contributed by atoms with Gasteiger partial charge in [0.15, 0.2) is 0 Å². The van der Waals surface area contributed by atoms with E-state index in [-0.39, 0.29) is 5.69 Å². The maximum atomic E-state index is 13.1. The summed E-state index contributed by atoms with van der Waals surface area (Å²) in [6.07, 6.45) is -2.70. The molecule has 1 amide bonds. The predicted molar refractivity (Wildman–Crippen MR) is 112 cm³/mol. The summed E-state index contributed by atoms with van der Waals surface area (Å²) in [5.74, 6) is -0.190. The topological polar surface area (TPSA) is 88.1 Å². The molecule has 0 aromatic heterocycles. The molecule has 0 fully saturated rings. The number of ether oxygens (including phenoxy) is 1. The number of sulfonamides is 1. The first kappa shape index (κ1) is 24.5. The van der Waals surface area contributed by atoms with Crippen molar-refractivity contribution in [3.63, 3.8) is 0 Å². The van der Waals surface area contributed by atoms with Crippen LogP contribution in [-0.2, 0) is 21.0 Å². The number of carbonyl (C=O) groups excluding carboxylic acids is 1. The van der Waals surface area contributed by atoms with Crippen molar-refractivity contribution in [1.82, 2.24) is 5.43 Å². The highest BCUT2D eigenvalue weighted by Gasteiger charge is 2.34. The van der Waals surface area contributed by atoms with E-state index in [1.54, 1.807) is 24.3 Å². The van der Waals surface area contributed by atoms with E-state index in [0.717, 1.165) is 18.4 Å². The van der Waals surface area contributed by atoms with Gasteiger partial charge in [-0.25, -0.2) is 13.8 Å². The summed E-state index contributed by atoms with van der Waals surface area (Å²) in [4.78, 5) is 12.2. The molecule has 0 atom stereocenters. The Bertz CT molecular complexity index is 1060. The first-order valence-corrected chi connectivity index (χ1v) is 11.0. The molecule has 0 saturated heterocycles. The Labute approximate surface area is 182 Å². The van der Waals surface area contributed by atoms with Crippen molar-refractivity contribution in [1.29, 1.82) is 0 Å². The number of carbonyl (C=O) groups is 1. The van der Waals surface area contributed by atoms with Gasteiger partial charge in [0.2, 0.25) is 10.0 Å². The van der Waals surface area contributed by atoms with Crippen molar-refractivity contribution in [3.05, 3.63) is 58.6 Å². The number of hydrogen-bond donors (Lipinski definition) is 1. The lowest BCUT2D eigenvalue weighted by atomic mass is 10.2. The molecule has 7 nitrogen and oxygen atoms in total. The van der Waals surface area contributed by atoms with Crippen LogP contribution in [0.2, 0.25) is 5.02 Å². The van der Waals surface area contributed by atoms with Crippen molar-refractivity contribution in [2.45, 2.75) is 13.1 Å². The van der Waals surface area contributed by atoms with E-state index in [1.807, 2.05) is 6.92 Å². The first-order valence-electron chi connectivity index (χ1n) is 8.81. The van der Waals surface area contributed by atoms with Crippen molar-refractivity contribution in [2.75, 3.05) is 23.7 Å². The molecule has 0 aliphatic carbocycles. The van der Waals surface area contributed by atoms with E-state index in [0.29, 0.717) is 28.3 Å². The van der Waals surface area contributed by atoms with E-state index in [9.17, 15) is 26.4 Å². The monoisotopic (exact) mass is 477 g/mol. The van der Waals surface area contributed by atoms with Crippen molar-refractivity contribution in [3.8, 4) is 5.75 Å². The van der Waals surface area contributed by atoms with Crippen LogP contribution in [0.3, 0.4) is 0 Å². The SMILES string of the molecule is CCOc1ccc(/C=N\NC(=O)CN(c2ccc(Cl)c(C(F)(F)F)c2)S(C)(=O)=O)cc1. The molecule has 31 heavy (non-hydrogen) atoms. The highest BCUT2D eigenvalue weighted by atomic mass is 35.5. The second-order valence-corrected chi connectivity index (χ2v) is 8.54. The zero-order valence-electron chi connectivity index (χ0n) is 16.5. The van der Waals surface area contributed by atoms with Crippen LogP contribution in [-0.4, -0.2) is 39.9 Å². The number of nitrogens with zero attached hydrogens (tertiary/aromatic N) is 2. The Morgan fingerprint density at radius 2 is 1.87 bits per heavy atom. The average molecular weight is 478 g/mol. The standard InChI is InChI=1S/C19H19ClF3N3O4S/c1-3-30-15-7-4-13(5-8-15)11-24-25-18(27)12-26(31(2,28)29)14-6-9-17(20)16(10-14)19(21,22)23/h4-11H,3,12H2,1-2H3,(H,25,27)/b24-11-. The van der Waals surface area contributed by atoms with Crippen molar-refractivity contribution >= 4 is 39.4 Å². The van der Waals surface area contributed by atoms with Crippen LogP contribution in [0.4, 0.5) is 18.9 Å². The largest absolute Gasteiger partial charge is 0.494 e. The maximum absolute atomic E-state index is 13.1. The highest BCUT2D eigenvalue weighted by Crippen LogP contribution is 2.37. The van der Waals surface area contributed by atoms with E-state index < -0.39 is 39.2 Å². The third-order valence-electron chi connectivity index (χ3n) is 3.82. The Kier molecular flexibility index (Phi) is 7.91. The van der Waals surface area contributed by atoms with Crippen LogP contribution in [0, 0.1) is 0 Å². The molecule has 0 spiro atoms. The van der Waals surface area contributed by atoms with Gasteiger partial charge in [0, 0.05) is 0 Å². The summed E-state index contributed by atoms with van der Waals surface area (Å²) < 4.78 is 69.2. The van der Waals surface area contributed by atoms with Gasteiger partial charge < -0.3 is 4.74 Å². The Hall–Kier alpha value is -2.79. The smallest absolute Gasteiger partial charge is 0.417 e. The maximum Gasteiger partial charge on any atom is 0.417 e. The fourth-order valence-corrected chi connectivity index (χ4v) is 3.52. The Morgan fingerprint density at radius 1 is 1.23 bits per heavy atom. The molecule has 168 valence electrons. The van der Waals surface area contributed by atoms with Crippen LogP contribution in [0.25, 0.3) is 0 Å². The summed E-state index contributed by atoms with van der Waals surface area (Å²) in [7, 11) is -4.08. The summed E-state index contributed by atoms with van der Waals surface area (Å²) in [5, 5.41) is 3.14. The fourth-order valence-electron chi connectivity index (χ4n) is 2.45. The summed E-state index contributed by atoms with van der Waals surface area (Å²) >= 11 is 5.57. The van der Waals surface area contributed by atoms with Gasteiger partial charge in [-0.1, -0.05) is 11.6 Å². The zero-order valence-corrected chi connectivity index (χ0v) is 18.1. The Morgan fingerprint density at radius 3 is 2.42 bits per heavy atom. The lowest BCUT2D eigenvalue weighted by Crippen LogP contribution is -2.39. The molecule has 1 N–H and O–H groups in total. The minimum absolute atomic E-state index is 0.357. The minimum Gasteiger partial charge on any atom is -0.494 e. The van der Waals surface area contributed by atoms with Crippen LogP contribution < -0.4 is 14.5 Å². The highest BCUT2D eigenvalue weighted by molar-refractivity contribution is 7.92. The number of hydrogen-bond acceptors (Lipinski definition) is 5. The number of rotatable bonds is 8. The lowest BCUT2D eigenvalue weighted by Gasteiger charge is -2.22. The zero-order chi connectivity index (χ0) is 23.2. The van der Waals surface area contributed by atoms with Gasteiger partial charge in [-0.15, -0.1) is 0 Å². The quantitative estimate of drug-likeness (QED) is 0.464. The molecule has 0 aliphatic heterocycles. The molecule has 0 aliphatic rings. The van der Waals surface area contributed by atoms with Gasteiger partial charge >= 0.3 is 6.18 Å². The van der Waals surface area contributed by atoms with Gasteiger partial charge in [-0.3, -0.25) is 9.10 Å². The van der Waals surface area contributed by atoms with E-state index in [4.69, 9.17) is 16.3 Å². The molecule has 2 rings (SSSR count). The Balaban J connectivity index is 2.14. The average Bonchev–Trinajstić information content (AvgIpc) is 2.66. The normalized spacial score (nSPS) is 12.1. The number of amides is 1. The molecule has 0 saturated carbocycles. The predicted octanol–water partition coefficient (Wildman–Crippen LogP) is 3.67. The van der Waals surface area contributed by atoms with Crippen LogP contribution in [0.15, 0.2) is 47.6 Å². The van der Waals surface area contributed by atoms with Gasteiger partial charge in [-0.05, 0) is 55.0 Å². The van der Waals surface area contributed by atoms with Crippen LogP contribution in [0.5, 0.6) is 5.75 Å². The van der Waals surface area contributed by atoms with E-state index in [1.165, 1.54) is 6.21 Å². The van der Waals surface area contributed by atoms with E-state index >= 15 is 0 Å². The number of nitrogens with one attached hydrogen (secondary N) is 1. The third kappa shape index (κ3) is 7.14. The van der Waals surface area contributed by atoms with Crippen LogP contribution >= 0.6 is 11.6 Å². The molecule has 12 heteroatoms. The van der Waals surface area contributed by atoms with Gasteiger partial charge in [0.05, 0.1) is 35.4 Å². The molecule has 2 aromatic carbocycles. The number of alkyl halides is 3. The van der Waals surface area contributed by atoms with Gasteiger partial charge in [-0.2, -0.15) is 18.3 Å². The summed E-state index contributed by atoms with van der Waals surface area (Å²) in [6.45, 7) is 1.58. The molecule has 2 aromatic rings. The minimum atomic E-state index is -4.79. The fraction of sp³-hybridized carbons (Fsp3) is 0.263. The number of benzene rings is 2. The van der Waals surface area contributed by atoms with E-state index in [2.05, 4.69) is 10.5 Å². The molecule has 0 radical (unpaired) electrons. The summed E-state index contributed by atoms with van der Waals surface area (Å²) in [6, 6.07) is 9.36. The molecular formula is C19H19ClF3N3O4S. The van der Waals surface area contributed by atoms with Crippen LogP contribution in [0.1, 0.15) is 18.1 Å². The van der Waals surface area contributed by atoms with Crippen molar-refractivity contribution < 1.29 is 31.1 Å². The number of anilines is 1. The third-order valence-corrected chi connectivity index (χ3v) is 5.30. The van der Waals surface area contributed by atoms with Gasteiger partial charge in [0.25, 0.3) is 5.91 Å². The second kappa shape index (κ2) is 10.0. The van der Waals surface area contributed by atoms with Crippen molar-refractivity contribution in [2.24, 2.45) is 5.10 Å². The summed E-state index contributed by atoms with van der Waals surface area (Å²) in [5.41, 5.74) is 1.21. The second-order valence-electron chi connectivity index (χ2n) is 6.23. The number of halogens is 4.